The molecular formula is C60H39N3. The van der Waals surface area contributed by atoms with Gasteiger partial charge in [-0.25, -0.2) is 0 Å². The van der Waals surface area contributed by atoms with Gasteiger partial charge in [0.1, 0.15) is 0 Å². The molecule has 3 heteroatoms. The van der Waals surface area contributed by atoms with Crippen molar-refractivity contribution < 1.29 is 0 Å². The Balaban J connectivity index is 1.01. The van der Waals surface area contributed by atoms with E-state index >= 15 is 0 Å². The van der Waals surface area contributed by atoms with E-state index in [0.29, 0.717) is 0 Å². The minimum Gasteiger partial charge on any atom is -0.309 e. The largest absolute Gasteiger partial charge is 0.309 e. The van der Waals surface area contributed by atoms with Gasteiger partial charge in [-0.1, -0.05) is 146 Å². The van der Waals surface area contributed by atoms with E-state index in [9.17, 15) is 0 Å². The molecule has 0 atom stereocenters. The number of fused-ring (bicyclic) bond motifs is 9. The van der Waals surface area contributed by atoms with Gasteiger partial charge in [0.15, 0.2) is 0 Å². The number of benzene rings is 10. The van der Waals surface area contributed by atoms with E-state index < -0.39 is 0 Å². The van der Waals surface area contributed by atoms with Gasteiger partial charge in [-0.3, -0.25) is 0 Å². The summed E-state index contributed by atoms with van der Waals surface area (Å²) in [6, 6.07) is 86.5. The van der Waals surface area contributed by atoms with Crippen molar-refractivity contribution >= 4 is 65.4 Å². The fourth-order valence-corrected chi connectivity index (χ4v) is 10.1. The van der Waals surface area contributed by atoms with Crippen molar-refractivity contribution in [2.24, 2.45) is 0 Å². The number of nitrogens with zero attached hydrogens (tertiary/aromatic N) is 3. The summed E-state index contributed by atoms with van der Waals surface area (Å²) >= 11 is 0. The van der Waals surface area contributed by atoms with Crippen LogP contribution in [0.4, 0.5) is 0 Å². The van der Waals surface area contributed by atoms with Crippen LogP contribution in [0, 0.1) is 0 Å². The van der Waals surface area contributed by atoms with Crippen molar-refractivity contribution in [2.45, 2.75) is 0 Å². The molecule has 0 amide bonds. The summed E-state index contributed by atoms with van der Waals surface area (Å²) in [6.45, 7) is 0. The third-order valence-electron chi connectivity index (χ3n) is 13.0. The first-order chi connectivity index (χ1) is 31.2. The molecule has 0 spiro atoms. The predicted octanol–water partition coefficient (Wildman–Crippen LogP) is 16.0. The van der Waals surface area contributed by atoms with Crippen LogP contribution in [-0.2, 0) is 0 Å². The second-order valence-electron chi connectivity index (χ2n) is 16.6. The zero-order chi connectivity index (χ0) is 41.4. The second kappa shape index (κ2) is 14.1. The number of hydrogen-bond donors (Lipinski definition) is 0. The summed E-state index contributed by atoms with van der Waals surface area (Å²) in [5.74, 6) is 0. The maximum atomic E-state index is 2.45. The summed E-state index contributed by atoms with van der Waals surface area (Å²) in [7, 11) is 0. The standard InChI is InChI=1S/C60H39N3/c1-5-15-40(16-6-1)42-25-31-58-53(35-42)54-36-43(41-17-7-2-8-18-41)26-32-59(54)63(58)48-29-30-50-52-38-45(28-34-57(52)62(60(50)39-48)47-21-11-4-12-22-47)44-27-33-56-51(37-44)49-23-13-14-24-55(49)61(56)46-19-9-3-10-20-46/h1-39H. The Kier molecular flexibility index (Phi) is 7.91. The average Bonchev–Trinajstić information content (AvgIpc) is 3.99. The Morgan fingerprint density at radius 3 is 0.984 bits per heavy atom. The monoisotopic (exact) mass is 801 g/mol. The van der Waals surface area contributed by atoms with E-state index in [1.54, 1.807) is 0 Å². The van der Waals surface area contributed by atoms with Gasteiger partial charge in [0.25, 0.3) is 0 Å². The van der Waals surface area contributed by atoms with Crippen LogP contribution in [0.3, 0.4) is 0 Å². The first-order valence-corrected chi connectivity index (χ1v) is 21.7. The zero-order valence-electron chi connectivity index (χ0n) is 34.4. The molecule has 10 aromatic carbocycles. The molecule has 3 aromatic heterocycles. The number of aromatic nitrogens is 3. The first kappa shape index (κ1) is 35.4. The van der Waals surface area contributed by atoms with Gasteiger partial charge >= 0.3 is 0 Å². The lowest BCUT2D eigenvalue weighted by Crippen LogP contribution is -1.97. The van der Waals surface area contributed by atoms with Crippen LogP contribution >= 0.6 is 0 Å². The molecule has 0 aliphatic rings. The highest BCUT2D eigenvalue weighted by Gasteiger charge is 2.19. The molecule has 0 saturated heterocycles. The van der Waals surface area contributed by atoms with Gasteiger partial charge in [-0.2, -0.15) is 0 Å². The molecule has 63 heavy (non-hydrogen) atoms. The smallest absolute Gasteiger partial charge is 0.0561 e. The van der Waals surface area contributed by atoms with E-state index in [1.807, 2.05) is 0 Å². The van der Waals surface area contributed by atoms with Gasteiger partial charge in [-0.15, -0.1) is 0 Å². The van der Waals surface area contributed by atoms with Crippen LogP contribution in [0.15, 0.2) is 237 Å². The van der Waals surface area contributed by atoms with E-state index in [1.165, 1.54) is 104 Å². The SMILES string of the molecule is c1ccc(-c2ccc3c(c2)c2cc(-c4ccccc4)ccc2n3-c2ccc3c4cc(-c5ccc6c(c5)c5ccccc5n6-c5ccccc5)ccc4n(-c4ccccc4)c3c2)cc1. The van der Waals surface area contributed by atoms with Crippen molar-refractivity contribution in [2.75, 3.05) is 0 Å². The molecule has 13 rings (SSSR count). The molecule has 3 heterocycles. The normalized spacial score (nSPS) is 11.8. The molecule has 0 unspecified atom stereocenters. The molecule has 0 N–H and O–H groups in total. The van der Waals surface area contributed by atoms with Crippen LogP contribution in [0.1, 0.15) is 0 Å². The Hall–Kier alpha value is -8.40. The van der Waals surface area contributed by atoms with Crippen molar-refractivity contribution in [1.82, 2.24) is 13.7 Å². The number of rotatable bonds is 6. The van der Waals surface area contributed by atoms with Crippen LogP contribution in [-0.4, -0.2) is 13.7 Å². The Morgan fingerprint density at radius 1 is 0.175 bits per heavy atom. The van der Waals surface area contributed by atoms with Gasteiger partial charge in [0.2, 0.25) is 0 Å². The second-order valence-corrected chi connectivity index (χ2v) is 16.6. The molecule has 0 aliphatic carbocycles. The summed E-state index contributed by atoms with van der Waals surface area (Å²) in [5.41, 5.74) is 17.8. The fraction of sp³-hybridized carbons (Fsp3) is 0. The van der Waals surface area contributed by atoms with Crippen LogP contribution in [0.5, 0.6) is 0 Å². The summed E-state index contributed by atoms with van der Waals surface area (Å²) < 4.78 is 7.26. The lowest BCUT2D eigenvalue weighted by Gasteiger charge is -2.12. The summed E-state index contributed by atoms with van der Waals surface area (Å²) in [6.07, 6.45) is 0. The maximum Gasteiger partial charge on any atom is 0.0561 e. The molecule has 0 aliphatic heterocycles. The highest BCUT2D eigenvalue weighted by molar-refractivity contribution is 6.15. The molecule has 0 bridgehead atoms. The quantitative estimate of drug-likeness (QED) is 0.159. The summed E-state index contributed by atoms with van der Waals surface area (Å²) in [5, 5.41) is 7.43. The van der Waals surface area contributed by atoms with Gasteiger partial charge in [0, 0.05) is 49.4 Å². The lowest BCUT2D eigenvalue weighted by molar-refractivity contribution is 1.15. The minimum atomic E-state index is 1.13. The van der Waals surface area contributed by atoms with Crippen molar-refractivity contribution in [3.05, 3.63) is 237 Å². The van der Waals surface area contributed by atoms with E-state index in [4.69, 9.17) is 0 Å². The van der Waals surface area contributed by atoms with Gasteiger partial charge in [0.05, 0.1) is 33.1 Å². The summed E-state index contributed by atoms with van der Waals surface area (Å²) in [4.78, 5) is 0. The zero-order valence-corrected chi connectivity index (χ0v) is 34.4. The lowest BCUT2D eigenvalue weighted by atomic mass is 10.0. The van der Waals surface area contributed by atoms with Crippen LogP contribution in [0.25, 0.3) is 116 Å². The maximum absolute atomic E-state index is 2.45. The average molecular weight is 802 g/mol. The predicted molar refractivity (Wildman–Crippen MR) is 266 cm³/mol. The van der Waals surface area contributed by atoms with E-state index in [2.05, 4.69) is 250 Å². The topological polar surface area (TPSA) is 14.8 Å². The van der Waals surface area contributed by atoms with Crippen molar-refractivity contribution in [1.29, 1.82) is 0 Å². The van der Waals surface area contributed by atoms with Crippen molar-refractivity contribution in [3.8, 4) is 50.4 Å². The minimum absolute atomic E-state index is 1.13. The Morgan fingerprint density at radius 2 is 0.508 bits per heavy atom. The molecule has 0 saturated carbocycles. The molecule has 294 valence electrons. The van der Waals surface area contributed by atoms with Gasteiger partial charge < -0.3 is 13.7 Å². The number of para-hydroxylation sites is 3. The van der Waals surface area contributed by atoms with E-state index in [-0.39, 0.29) is 0 Å². The number of hydrogen-bond acceptors (Lipinski definition) is 0. The van der Waals surface area contributed by atoms with Crippen LogP contribution in [0.2, 0.25) is 0 Å². The highest BCUT2D eigenvalue weighted by atomic mass is 15.0. The molecule has 0 fully saturated rings. The Labute approximate surface area is 364 Å². The Bertz CT molecular complexity index is 3780. The molecule has 3 nitrogen and oxygen atoms in total. The van der Waals surface area contributed by atoms with Gasteiger partial charge in [-0.05, 0) is 124 Å². The van der Waals surface area contributed by atoms with Crippen LogP contribution < -0.4 is 0 Å². The highest BCUT2D eigenvalue weighted by Crippen LogP contribution is 2.41. The molecule has 0 radical (unpaired) electrons. The fourth-order valence-electron chi connectivity index (χ4n) is 10.1. The molecule has 13 aromatic rings. The first-order valence-electron chi connectivity index (χ1n) is 21.7. The third kappa shape index (κ3) is 5.60. The molecular weight excluding hydrogens is 763 g/mol. The van der Waals surface area contributed by atoms with E-state index in [0.717, 1.165) is 11.4 Å². The third-order valence-corrected chi connectivity index (χ3v) is 13.0. The van der Waals surface area contributed by atoms with Crippen molar-refractivity contribution in [3.63, 3.8) is 0 Å².